The van der Waals surface area contributed by atoms with E-state index >= 15 is 0 Å². The van der Waals surface area contributed by atoms with E-state index in [2.05, 4.69) is 10.2 Å². The second-order valence-electron chi connectivity index (χ2n) is 10.6. The van der Waals surface area contributed by atoms with Gasteiger partial charge in [0.05, 0.1) is 11.4 Å². The molecule has 6 rings (SSSR count). The predicted molar refractivity (Wildman–Crippen MR) is 139 cm³/mol. The zero-order valence-electron chi connectivity index (χ0n) is 20.6. The average Bonchev–Trinajstić information content (AvgIpc) is 3.36. The molecule has 9 nitrogen and oxygen atoms in total. The Morgan fingerprint density at radius 3 is 2.39 bits per heavy atom. The maximum absolute atomic E-state index is 12.9. The Labute approximate surface area is 211 Å². The highest BCUT2D eigenvalue weighted by Gasteiger charge is 2.60. The van der Waals surface area contributed by atoms with Crippen LogP contribution in [-0.2, 0) is 14.6 Å². The maximum Gasteiger partial charge on any atom is 0.253 e. The number of nitrogens with one attached hydrogen (secondary N) is 1. The van der Waals surface area contributed by atoms with E-state index in [1.807, 2.05) is 31.2 Å². The van der Waals surface area contributed by atoms with Crippen LogP contribution in [0.25, 0.3) is 0 Å². The summed E-state index contributed by atoms with van der Waals surface area (Å²) in [4.78, 5) is 36.1. The van der Waals surface area contributed by atoms with Crippen LogP contribution in [0.15, 0.2) is 36.4 Å². The molecule has 3 aliphatic heterocycles. The zero-order chi connectivity index (χ0) is 25.2. The molecule has 3 fully saturated rings. The quantitative estimate of drug-likeness (QED) is 0.676. The van der Waals surface area contributed by atoms with E-state index in [1.54, 1.807) is 29.0 Å². The number of fused-ring (bicyclic) bond motifs is 1. The van der Waals surface area contributed by atoms with Crippen molar-refractivity contribution in [3.63, 3.8) is 0 Å². The van der Waals surface area contributed by atoms with Crippen molar-refractivity contribution in [2.45, 2.75) is 55.9 Å². The van der Waals surface area contributed by atoms with Gasteiger partial charge in [-0.05, 0) is 62.6 Å². The van der Waals surface area contributed by atoms with E-state index in [0.717, 1.165) is 30.0 Å². The van der Waals surface area contributed by atoms with Crippen LogP contribution in [-0.4, -0.2) is 72.8 Å². The molecule has 2 aromatic rings. The fourth-order valence-corrected chi connectivity index (χ4v) is 7.89. The minimum Gasteiger partial charge on any atom is -0.340 e. The monoisotopic (exact) mass is 509 g/mol. The number of hydrogen-bond donors (Lipinski definition) is 1. The maximum atomic E-state index is 12.9. The summed E-state index contributed by atoms with van der Waals surface area (Å²) in [5.74, 6) is 1.67. The van der Waals surface area contributed by atoms with Crippen molar-refractivity contribution >= 4 is 44.7 Å². The largest absolute Gasteiger partial charge is 0.340 e. The van der Waals surface area contributed by atoms with Gasteiger partial charge in [0.15, 0.2) is 15.7 Å². The summed E-state index contributed by atoms with van der Waals surface area (Å²) in [6.45, 7) is 2.54. The van der Waals surface area contributed by atoms with Gasteiger partial charge in [0.2, 0.25) is 5.91 Å². The van der Waals surface area contributed by atoms with E-state index < -0.39 is 14.6 Å². The van der Waals surface area contributed by atoms with Crippen molar-refractivity contribution in [3.8, 4) is 0 Å². The molecule has 36 heavy (non-hydrogen) atoms. The second-order valence-corrected chi connectivity index (χ2v) is 13.1. The van der Waals surface area contributed by atoms with Crippen molar-refractivity contribution in [3.05, 3.63) is 42.0 Å². The molecule has 1 atom stereocenters. The van der Waals surface area contributed by atoms with Crippen molar-refractivity contribution in [1.82, 2.24) is 9.88 Å². The summed E-state index contributed by atoms with van der Waals surface area (Å²) in [6, 6.07) is 11.0. The number of hydrogen-bond acceptors (Lipinski definition) is 7. The molecule has 1 N–H and O–H groups in total. The number of likely N-dealkylation sites (tertiary alicyclic amines) is 1. The molecule has 0 radical (unpaired) electrons. The standard InChI is InChI=1S/C26H31N5O4S/c1-17-24(32)29(2)21-11-12-22(28-23(21)31(17)20-5-3-4-6-20)27-19-9-7-18(8-10-19)25(33)30-15-26(16-30)13-14-36(26,34)35/h7-12,17,20H,3-6,13-16H2,1-2H3,(H,27,28)/t17-/m0/s1. The van der Waals surface area contributed by atoms with Crippen LogP contribution in [0.1, 0.15) is 49.4 Å². The van der Waals surface area contributed by atoms with E-state index in [0.29, 0.717) is 36.9 Å². The molecule has 10 heteroatoms. The van der Waals surface area contributed by atoms with Crippen LogP contribution in [0.4, 0.5) is 23.0 Å². The van der Waals surface area contributed by atoms with Crippen LogP contribution in [0.5, 0.6) is 0 Å². The van der Waals surface area contributed by atoms with Gasteiger partial charge in [0.1, 0.15) is 16.6 Å². The highest BCUT2D eigenvalue weighted by molar-refractivity contribution is 7.94. The molecule has 1 aromatic heterocycles. The topological polar surface area (TPSA) is 103 Å². The smallest absolute Gasteiger partial charge is 0.253 e. The van der Waals surface area contributed by atoms with Crippen molar-refractivity contribution in [2.24, 2.45) is 0 Å². The normalized spacial score (nSPS) is 24.3. The third kappa shape index (κ3) is 3.48. The Morgan fingerprint density at radius 1 is 1.08 bits per heavy atom. The molecule has 1 spiro atoms. The zero-order valence-corrected chi connectivity index (χ0v) is 21.4. The number of aromatic nitrogens is 1. The van der Waals surface area contributed by atoms with Gasteiger partial charge in [0, 0.05) is 37.4 Å². The summed E-state index contributed by atoms with van der Waals surface area (Å²) < 4.78 is 23.3. The number of nitrogens with zero attached hydrogens (tertiary/aromatic N) is 4. The third-order valence-corrected chi connectivity index (χ3v) is 10.9. The van der Waals surface area contributed by atoms with E-state index in [1.165, 1.54) is 12.8 Å². The first-order valence-electron chi connectivity index (χ1n) is 12.6. The number of carbonyl (C=O) groups is 2. The van der Waals surface area contributed by atoms with Crippen molar-refractivity contribution in [2.75, 3.05) is 41.0 Å². The number of likely N-dealkylation sites (N-methyl/N-ethyl adjacent to an activating group) is 1. The number of rotatable bonds is 4. The molecule has 2 amide bonds. The number of carbonyl (C=O) groups excluding carboxylic acids is 2. The first-order valence-corrected chi connectivity index (χ1v) is 14.3. The first kappa shape index (κ1) is 23.3. The fraction of sp³-hybridized carbons (Fsp3) is 0.500. The SMILES string of the molecule is C[C@H]1C(=O)N(C)c2ccc(Nc3ccc(C(=O)N4CC5(CCS5(=O)=O)C4)cc3)nc2N1C1CCCC1. The Hall–Kier alpha value is -3.14. The van der Waals surface area contributed by atoms with Crippen LogP contribution in [0, 0.1) is 0 Å². The summed E-state index contributed by atoms with van der Waals surface area (Å²) in [5.41, 5.74) is 2.14. The molecule has 0 bridgehead atoms. The number of anilines is 4. The number of benzene rings is 1. The lowest BCUT2D eigenvalue weighted by atomic mass is 9.93. The lowest BCUT2D eigenvalue weighted by molar-refractivity contribution is -0.119. The summed E-state index contributed by atoms with van der Waals surface area (Å²) in [7, 11) is -1.24. The second kappa shape index (κ2) is 8.19. The molecular weight excluding hydrogens is 478 g/mol. The van der Waals surface area contributed by atoms with Gasteiger partial charge in [-0.15, -0.1) is 0 Å². The third-order valence-electron chi connectivity index (χ3n) is 8.42. The van der Waals surface area contributed by atoms with E-state index in [9.17, 15) is 18.0 Å². The van der Waals surface area contributed by atoms with Gasteiger partial charge in [0.25, 0.3) is 5.91 Å². The van der Waals surface area contributed by atoms with E-state index in [4.69, 9.17) is 4.98 Å². The Balaban J connectivity index is 1.18. The van der Waals surface area contributed by atoms with E-state index in [-0.39, 0.29) is 23.6 Å². The predicted octanol–water partition coefficient (Wildman–Crippen LogP) is 2.95. The molecule has 1 saturated carbocycles. The van der Waals surface area contributed by atoms with Gasteiger partial charge in [-0.1, -0.05) is 12.8 Å². The molecule has 0 unspecified atom stereocenters. The lowest BCUT2D eigenvalue weighted by Gasteiger charge is -2.54. The first-order chi connectivity index (χ1) is 17.2. The lowest BCUT2D eigenvalue weighted by Crippen LogP contribution is -2.72. The fourth-order valence-electron chi connectivity index (χ4n) is 6.07. The van der Waals surface area contributed by atoms with Crippen molar-refractivity contribution in [1.29, 1.82) is 0 Å². The molecule has 4 aliphatic rings. The Morgan fingerprint density at radius 2 is 1.78 bits per heavy atom. The average molecular weight is 510 g/mol. The molecule has 1 aliphatic carbocycles. The van der Waals surface area contributed by atoms with Crippen LogP contribution in [0.3, 0.4) is 0 Å². The van der Waals surface area contributed by atoms with Crippen LogP contribution in [0.2, 0.25) is 0 Å². The van der Waals surface area contributed by atoms with Gasteiger partial charge in [-0.25, -0.2) is 13.4 Å². The van der Waals surface area contributed by atoms with Gasteiger partial charge >= 0.3 is 0 Å². The number of pyridine rings is 1. The molecule has 190 valence electrons. The molecule has 2 saturated heterocycles. The molecule has 4 heterocycles. The van der Waals surface area contributed by atoms with Gasteiger partial charge in [-0.2, -0.15) is 0 Å². The highest BCUT2D eigenvalue weighted by Crippen LogP contribution is 2.43. The summed E-state index contributed by atoms with van der Waals surface area (Å²) in [6.07, 6.45) is 5.13. The van der Waals surface area contributed by atoms with Gasteiger partial charge < -0.3 is 20.0 Å². The Kier molecular flexibility index (Phi) is 5.30. The minimum absolute atomic E-state index is 0.0835. The van der Waals surface area contributed by atoms with Crippen LogP contribution >= 0.6 is 0 Å². The summed E-state index contributed by atoms with van der Waals surface area (Å²) in [5, 5.41) is 3.33. The molecular formula is C26H31N5O4S. The number of sulfone groups is 1. The van der Waals surface area contributed by atoms with Crippen molar-refractivity contribution < 1.29 is 18.0 Å². The Bertz CT molecular complexity index is 1330. The number of amides is 2. The highest BCUT2D eigenvalue weighted by atomic mass is 32.2. The summed E-state index contributed by atoms with van der Waals surface area (Å²) >= 11 is 0. The molecule has 1 aromatic carbocycles. The minimum atomic E-state index is -3.04. The van der Waals surface area contributed by atoms with Gasteiger partial charge in [-0.3, -0.25) is 9.59 Å². The van der Waals surface area contributed by atoms with Crippen LogP contribution < -0.4 is 15.1 Å².